The molecule has 1 saturated heterocycles. The van der Waals surface area contributed by atoms with E-state index >= 15 is 0 Å². The van der Waals surface area contributed by atoms with Crippen molar-refractivity contribution in [3.63, 3.8) is 0 Å². The van der Waals surface area contributed by atoms with Gasteiger partial charge in [0.15, 0.2) is 0 Å². The number of carbonyl (C=O) groups is 2. The van der Waals surface area contributed by atoms with Crippen molar-refractivity contribution in [2.45, 2.75) is 12.5 Å². The zero-order valence-corrected chi connectivity index (χ0v) is 9.72. The third-order valence-corrected chi connectivity index (χ3v) is 2.78. The number of carbonyl (C=O) groups excluding carboxylic acids is 2. The van der Waals surface area contributed by atoms with Gasteiger partial charge in [-0.05, 0) is 12.1 Å². The van der Waals surface area contributed by atoms with Gasteiger partial charge in [-0.15, -0.1) is 0 Å². The fourth-order valence-corrected chi connectivity index (χ4v) is 1.96. The Balaban J connectivity index is 2.48. The summed E-state index contributed by atoms with van der Waals surface area (Å²) in [6, 6.07) is 3.97. The number of esters is 1. The number of nitrogens with zero attached hydrogens (tertiary/aromatic N) is 1. The second kappa shape index (κ2) is 4.73. The normalized spacial score (nSPS) is 19.2. The summed E-state index contributed by atoms with van der Waals surface area (Å²) in [6.45, 7) is 0.0479. The molecular weight excluding hydrogens is 241 g/mol. The summed E-state index contributed by atoms with van der Waals surface area (Å²) >= 11 is 0. The summed E-state index contributed by atoms with van der Waals surface area (Å²) in [5.41, 5.74) is -0.161. The van der Waals surface area contributed by atoms with E-state index in [4.69, 9.17) is 0 Å². The molecule has 1 N–H and O–H groups in total. The summed E-state index contributed by atoms with van der Waals surface area (Å²) in [4.78, 5) is 24.4. The molecule has 1 amide bonds. The van der Waals surface area contributed by atoms with E-state index in [1.54, 1.807) is 0 Å². The predicted octanol–water partition coefficient (Wildman–Crippen LogP) is 0.710. The third-order valence-electron chi connectivity index (χ3n) is 2.78. The molecular formula is C12H12FNO4. The molecule has 1 aromatic carbocycles. The Morgan fingerprint density at radius 3 is 2.83 bits per heavy atom. The Hall–Kier alpha value is -1.95. The number of benzene rings is 1. The molecule has 0 spiro atoms. The number of ether oxygens (including phenoxy) is 1. The van der Waals surface area contributed by atoms with Crippen LogP contribution in [0.25, 0.3) is 0 Å². The van der Waals surface area contributed by atoms with E-state index in [1.165, 1.54) is 17.0 Å². The Kier molecular flexibility index (Phi) is 3.29. The van der Waals surface area contributed by atoms with E-state index in [9.17, 15) is 19.1 Å². The molecule has 1 aliphatic heterocycles. The minimum Gasteiger partial charge on any atom is -0.465 e. The first-order valence-corrected chi connectivity index (χ1v) is 5.40. The molecule has 1 unspecified atom stereocenters. The van der Waals surface area contributed by atoms with Gasteiger partial charge < -0.3 is 14.7 Å². The van der Waals surface area contributed by atoms with E-state index in [-0.39, 0.29) is 30.1 Å². The minimum absolute atomic E-state index is 0.0306. The standard InChI is InChI=1S/C12H12FNO4/c1-18-12(17)11-8(13)3-2-4-9(11)14-6-7(15)5-10(14)16/h2-4,7,15H,5-6H2,1H3. The van der Waals surface area contributed by atoms with E-state index in [0.717, 1.165) is 13.2 Å². The molecule has 1 heterocycles. The molecule has 2 rings (SSSR count). The van der Waals surface area contributed by atoms with Gasteiger partial charge in [-0.1, -0.05) is 6.07 Å². The smallest absolute Gasteiger partial charge is 0.343 e. The molecule has 0 radical (unpaired) electrons. The van der Waals surface area contributed by atoms with Crippen LogP contribution in [-0.4, -0.2) is 36.7 Å². The summed E-state index contributed by atoms with van der Waals surface area (Å²) in [6.07, 6.45) is -0.830. The first-order valence-electron chi connectivity index (χ1n) is 5.40. The average Bonchev–Trinajstić information content (AvgIpc) is 2.67. The lowest BCUT2D eigenvalue weighted by molar-refractivity contribution is -0.117. The summed E-state index contributed by atoms with van der Waals surface area (Å²) in [5.74, 6) is -1.95. The number of amides is 1. The van der Waals surface area contributed by atoms with Gasteiger partial charge in [0.05, 0.1) is 31.9 Å². The maximum atomic E-state index is 13.7. The van der Waals surface area contributed by atoms with Crippen LogP contribution in [0.2, 0.25) is 0 Å². The van der Waals surface area contributed by atoms with Gasteiger partial charge in [0.2, 0.25) is 5.91 Å². The van der Waals surface area contributed by atoms with Crippen molar-refractivity contribution >= 4 is 17.6 Å². The largest absolute Gasteiger partial charge is 0.465 e. The lowest BCUT2D eigenvalue weighted by atomic mass is 10.1. The van der Waals surface area contributed by atoms with Gasteiger partial charge in [0, 0.05) is 0 Å². The number of hydrogen-bond donors (Lipinski definition) is 1. The van der Waals surface area contributed by atoms with Gasteiger partial charge >= 0.3 is 5.97 Å². The monoisotopic (exact) mass is 253 g/mol. The van der Waals surface area contributed by atoms with E-state index in [1.807, 2.05) is 0 Å². The van der Waals surface area contributed by atoms with Gasteiger partial charge in [0.1, 0.15) is 11.4 Å². The van der Waals surface area contributed by atoms with Gasteiger partial charge in [-0.3, -0.25) is 4.79 Å². The summed E-state index contributed by atoms with van der Waals surface area (Å²) in [7, 11) is 1.14. The molecule has 96 valence electrons. The minimum atomic E-state index is -0.850. The van der Waals surface area contributed by atoms with Gasteiger partial charge in [-0.2, -0.15) is 0 Å². The highest BCUT2D eigenvalue weighted by Gasteiger charge is 2.32. The Morgan fingerprint density at radius 2 is 2.28 bits per heavy atom. The van der Waals surface area contributed by atoms with Crippen LogP contribution in [-0.2, 0) is 9.53 Å². The van der Waals surface area contributed by atoms with Crippen LogP contribution in [0.15, 0.2) is 18.2 Å². The zero-order valence-electron chi connectivity index (χ0n) is 9.72. The number of methoxy groups -OCH3 is 1. The average molecular weight is 253 g/mol. The van der Waals surface area contributed by atoms with Gasteiger partial charge in [0.25, 0.3) is 0 Å². The fourth-order valence-electron chi connectivity index (χ4n) is 1.96. The number of aliphatic hydroxyl groups excluding tert-OH is 1. The number of halogens is 1. The summed E-state index contributed by atoms with van der Waals surface area (Å²) < 4.78 is 18.2. The molecule has 1 aromatic rings. The lowest BCUT2D eigenvalue weighted by Crippen LogP contribution is -2.27. The van der Waals surface area contributed by atoms with Crippen molar-refractivity contribution in [3.05, 3.63) is 29.6 Å². The second-order valence-corrected chi connectivity index (χ2v) is 3.99. The Morgan fingerprint density at radius 1 is 1.56 bits per heavy atom. The van der Waals surface area contributed by atoms with Crippen LogP contribution >= 0.6 is 0 Å². The molecule has 5 nitrogen and oxygen atoms in total. The molecule has 6 heteroatoms. The number of rotatable bonds is 2. The Labute approximate surface area is 103 Å². The number of hydrogen-bond acceptors (Lipinski definition) is 4. The molecule has 0 aromatic heterocycles. The Bertz CT molecular complexity index is 503. The van der Waals surface area contributed by atoms with Crippen LogP contribution in [0.4, 0.5) is 10.1 Å². The molecule has 0 aliphatic carbocycles. The SMILES string of the molecule is COC(=O)c1c(F)cccc1N1CC(O)CC1=O. The topological polar surface area (TPSA) is 66.8 Å². The van der Waals surface area contributed by atoms with Crippen molar-refractivity contribution in [3.8, 4) is 0 Å². The van der Waals surface area contributed by atoms with E-state index in [2.05, 4.69) is 4.74 Å². The number of anilines is 1. The molecule has 0 saturated carbocycles. The fraction of sp³-hybridized carbons (Fsp3) is 0.333. The van der Waals surface area contributed by atoms with Crippen molar-refractivity contribution in [2.24, 2.45) is 0 Å². The molecule has 1 aliphatic rings. The van der Waals surface area contributed by atoms with Crippen LogP contribution in [0.5, 0.6) is 0 Å². The van der Waals surface area contributed by atoms with E-state index in [0.29, 0.717) is 0 Å². The quantitative estimate of drug-likeness (QED) is 0.788. The van der Waals surface area contributed by atoms with Crippen molar-refractivity contribution in [1.29, 1.82) is 0 Å². The first-order chi connectivity index (χ1) is 8.54. The molecule has 1 atom stereocenters. The second-order valence-electron chi connectivity index (χ2n) is 3.99. The number of aliphatic hydroxyl groups is 1. The van der Waals surface area contributed by atoms with Gasteiger partial charge in [-0.25, -0.2) is 9.18 Å². The maximum Gasteiger partial charge on any atom is 0.343 e. The highest BCUT2D eigenvalue weighted by Crippen LogP contribution is 2.28. The van der Waals surface area contributed by atoms with Crippen LogP contribution < -0.4 is 4.90 Å². The predicted molar refractivity (Wildman–Crippen MR) is 60.7 cm³/mol. The zero-order chi connectivity index (χ0) is 13.3. The maximum absolute atomic E-state index is 13.7. The first kappa shape index (κ1) is 12.5. The highest BCUT2D eigenvalue weighted by atomic mass is 19.1. The molecule has 18 heavy (non-hydrogen) atoms. The van der Waals surface area contributed by atoms with Crippen LogP contribution in [0.3, 0.4) is 0 Å². The highest BCUT2D eigenvalue weighted by molar-refractivity contribution is 6.04. The lowest BCUT2D eigenvalue weighted by Gasteiger charge is -2.19. The molecule has 0 bridgehead atoms. The summed E-state index contributed by atoms with van der Waals surface area (Å²) in [5, 5.41) is 9.41. The third kappa shape index (κ3) is 2.06. The van der Waals surface area contributed by atoms with Crippen molar-refractivity contribution < 1.29 is 23.8 Å². The number of β-amino-alcohol motifs (C(OH)–C–C–N with tert-alkyl or cyclic N) is 1. The van der Waals surface area contributed by atoms with E-state index < -0.39 is 17.9 Å². The molecule has 1 fully saturated rings. The van der Waals surface area contributed by atoms with Crippen LogP contribution in [0.1, 0.15) is 16.8 Å². The van der Waals surface area contributed by atoms with Crippen LogP contribution in [0, 0.1) is 5.82 Å². The van der Waals surface area contributed by atoms with Crippen molar-refractivity contribution in [2.75, 3.05) is 18.6 Å². The van der Waals surface area contributed by atoms with Crippen molar-refractivity contribution in [1.82, 2.24) is 0 Å².